The first-order chi connectivity index (χ1) is 13.6. The Hall–Kier alpha value is -2.89. The average Bonchev–Trinajstić information content (AvgIpc) is 3.12. The third kappa shape index (κ3) is 5.55. The molecule has 0 aliphatic rings. The van der Waals surface area contributed by atoms with Gasteiger partial charge in [0.05, 0.1) is 6.54 Å². The zero-order valence-electron chi connectivity index (χ0n) is 17.0. The van der Waals surface area contributed by atoms with Crippen molar-refractivity contribution in [2.75, 3.05) is 13.6 Å². The first kappa shape index (κ1) is 19.9. The van der Waals surface area contributed by atoms with Crippen molar-refractivity contribution in [1.29, 1.82) is 0 Å². The van der Waals surface area contributed by atoms with Gasteiger partial charge >= 0.3 is 0 Å². The number of fused-ring (bicyclic) bond motifs is 1. The van der Waals surface area contributed by atoms with Crippen LogP contribution in [0.15, 0.2) is 59.7 Å². The molecule has 148 valence electrons. The summed E-state index contributed by atoms with van der Waals surface area (Å²) < 4.78 is 1.98. The lowest BCUT2D eigenvalue weighted by molar-refractivity contribution is 0.323. The van der Waals surface area contributed by atoms with Gasteiger partial charge in [-0.25, -0.2) is 0 Å². The Kier molecular flexibility index (Phi) is 6.63. The minimum atomic E-state index is 0.188. The Morgan fingerprint density at radius 1 is 1.04 bits per heavy atom. The quantitative estimate of drug-likeness (QED) is 0.465. The average molecular weight is 379 g/mol. The molecule has 0 amide bonds. The monoisotopic (exact) mass is 378 g/mol. The standard InChI is InChI=1S/C22H30N6/c1-22(2,14-9-12-18-10-5-4-6-11-18)17-25-21(23-3)24-16-20-27-26-19-13-7-8-15-28(19)20/h4-8,10-11,13,15H,9,12,14,16-17H2,1-3H3,(H2,23,24,25). The van der Waals surface area contributed by atoms with E-state index in [1.54, 1.807) is 7.05 Å². The molecule has 2 N–H and O–H groups in total. The number of aliphatic imine (C=N–C) groups is 1. The Morgan fingerprint density at radius 2 is 1.82 bits per heavy atom. The molecule has 0 aliphatic heterocycles. The summed E-state index contributed by atoms with van der Waals surface area (Å²) in [6.45, 7) is 6.02. The molecule has 0 atom stereocenters. The molecule has 0 aliphatic carbocycles. The van der Waals surface area contributed by atoms with Crippen molar-refractivity contribution in [3.05, 3.63) is 66.1 Å². The van der Waals surface area contributed by atoms with Crippen molar-refractivity contribution < 1.29 is 0 Å². The van der Waals surface area contributed by atoms with Crippen LogP contribution in [0, 0.1) is 5.41 Å². The van der Waals surface area contributed by atoms with E-state index in [4.69, 9.17) is 0 Å². The second kappa shape index (κ2) is 9.35. The molecule has 3 rings (SSSR count). The van der Waals surface area contributed by atoms with Crippen molar-refractivity contribution in [2.45, 2.75) is 39.7 Å². The predicted molar refractivity (Wildman–Crippen MR) is 114 cm³/mol. The fraction of sp³-hybridized carbons (Fsp3) is 0.409. The Balaban J connectivity index is 1.45. The van der Waals surface area contributed by atoms with Crippen LogP contribution in [-0.4, -0.2) is 34.2 Å². The van der Waals surface area contributed by atoms with Crippen LogP contribution < -0.4 is 10.6 Å². The van der Waals surface area contributed by atoms with Crippen LogP contribution in [-0.2, 0) is 13.0 Å². The van der Waals surface area contributed by atoms with Gasteiger partial charge < -0.3 is 10.6 Å². The lowest BCUT2D eigenvalue weighted by Crippen LogP contribution is -2.42. The van der Waals surface area contributed by atoms with Crippen molar-refractivity contribution in [2.24, 2.45) is 10.4 Å². The molecule has 1 aromatic carbocycles. The molecule has 0 bridgehead atoms. The normalized spacial score (nSPS) is 12.3. The van der Waals surface area contributed by atoms with Gasteiger partial charge in [0.15, 0.2) is 17.4 Å². The summed E-state index contributed by atoms with van der Waals surface area (Å²) in [4.78, 5) is 4.34. The third-order valence-electron chi connectivity index (χ3n) is 4.92. The minimum absolute atomic E-state index is 0.188. The number of pyridine rings is 1. The largest absolute Gasteiger partial charge is 0.356 e. The van der Waals surface area contributed by atoms with Gasteiger partial charge in [-0.05, 0) is 42.4 Å². The summed E-state index contributed by atoms with van der Waals surface area (Å²) >= 11 is 0. The molecule has 6 heteroatoms. The number of rotatable bonds is 8. The highest BCUT2D eigenvalue weighted by Gasteiger charge is 2.18. The van der Waals surface area contributed by atoms with Crippen LogP contribution in [0.25, 0.3) is 5.65 Å². The summed E-state index contributed by atoms with van der Waals surface area (Å²) in [5, 5.41) is 15.2. The van der Waals surface area contributed by atoms with E-state index in [-0.39, 0.29) is 5.41 Å². The van der Waals surface area contributed by atoms with Gasteiger partial charge in [-0.3, -0.25) is 9.39 Å². The molecule has 2 heterocycles. The maximum absolute atomic E-state index is 4.34. The van der Waals surface area contributed by atoms with Crippen molar-refractivity contribution in [3.8, 4) is 0 Å². The number of hydrogen-bond donors (Lipinski definition) is 2. The predicted octanol–water partition coefficient (Wildman–Crippen LogP) is 3.44. The number of benzene rings is 1. The van der Waals surface area contributed by atoms with Gasteiger partial charge in [0.1, 0.15) is 0 Å². The molecule has 0 radical (unpaired) electrons. The maximum atomic E-state index is 4.34. The lowest BCUT2D eigenvalue weighted by atomic mass is 9.86. The molecule has 0 unspecified atom stereocenters. The molecular formula is C22H30N6. The van der Waals surface area contributed by atoms with E-state index in [0.717, 1.165) is 36.8 Å². The van der Waals surface area contributed by atoms with Gasteiger partial charge in [-0.15, -0.1) is 10.2 Å². The molecule has 0 spiro atoms. The Morgan fingerprint density at radius 3 is 2.61 bits per heavy atom. The summed E-state index contributed by atoms with van der Waals surface area (Å²) in [5.41, 5.74) is 2.44. The first-order valence-corrected chi connectivity index (χ1v) is 9.84. The molecule has 0 saturated heterocycles. The van der Waals surface area contributed by atoms with Crippen LogP contribution in [0.2, 0.25) is 0 Å². The summed E-state index contributed by atoms with van der Waals surface area (Å²) in [7, 11) is 1.79. The maximum Gasteiger partial charge on any atom is 0.191 e. The number of aryl methyl sites for hydroxylation is 1. The topological polar surface area (TPSA) is 66.6 Å². The summed E-state index contributed by atoms with van der Waals surface area (Å²) in [6, 6.07) is 16.6. The second-order valence-corrected chi connectivity index (χ2v) is 7.83. The Bertz CT molecular complexity index is 898. The highest BCUT2D eigenvalue weighted by molar-refractivity contribution is 5.79. The zero-order chi connectivity index (χ0) is 19.8. The minimum Gasteiger partial charge on any atom is -0.356 e. The van der Waals surface area contributed by atoms with Gasteiger partial charge in [0.25, 0.3) is 0 Å². The highest BCUT2D eigenvalue weighted by atomic mass is 15.3. The highest BCUT2D eigenvalue weighted by Crippen LogP contribution is 2.22. The third-order valence-corrected chi connectivity index (χ3v) is 4.92. The molecule has 3 aromatic rings. The second-order valence-electron chi connectivity index (χ2n) is 7.83. The van der Waals surface area contributed by atoms with E-state index < -0.39 is 0 Å². The van der Waals surface area contributed by atoms with E-state index >= 15 is 0 Å². The van der Waals surface area contributed by atoms with Crippen LogP contribution in [0.4, 0.5) is 0 Å². The smallest absolute Gasteiger partial charge is 0.191 e. The molecule has 0 fully saturated rings. The molecular weight excluding hydrogens is 348 g/mol. The zero-order valence-corrected chi connectivity index (χ0v) is 17.0. The summed E-state index contributed by atoms with van der Waals surface area (Å²) in [6.07, 6.45) is 5.42. The SMILES string of the molecule is CN=C(NCc1nnc2ccccn12)NCC(C)(C)CCCc1ccccc1. The number of nitrogens with zero attached hydrogens (tertiary/aromatic N) is 4. The van der Waals surface area contributed by atoms with E-state index in [2.05, 4.69) is 70.0 Å². The number of guanidine groups is 1. The van der Waals surface area contributed by atoms with Crippen LogP contribution >= 0.6 is 0 Å². The molecule has 0 saturated carbocycles. The molecule has 2 aromatic heterocycles. The van der Waals surface area contributed by atoms with Gasteiger partial charge in [-0.2, -0.15) is 0 Å². The lowest BCUT2D eigenvalue weighted by Gasteiger charge is -2.26. The van der Waals surface area contributed by atoms with Crippen molar-refractivity contribution >= 4 is 11.6 Å². The van der Waals surface area contributed by atoms with E-state index in [9.17, 15) is 0 Å². The van der Waals surface area contributed by atoms with Gasteiger partial charge in [-0.1, -0.05) is 50.2 Å². The van der Waals surface area contributed by atoms with E-state index in [1.807, 2.05) is 28.8 Å². The fourth-order valence-corrected chi connectivity index (χ4v) is 3.22. The Labute approximate surface area is 167 Å². The van der Waals surface area contributed by atoms with Crippen LogP contribution in [0.5, 0.6) is 0 Å². The van der Waals surface area contributed by atoms with Crippen LogP contribution in [0.3, 0.4) is 0 Å². The van der Waals surface area contributed by atoms with E-state index in [0.29, 0.717) is 6.54 Å². The van der Waals surface area contributed by atoms with Gasteiger partial charge in [0.2, 0.25) is 0 Å². The van der Waals surface area contributed by atoms with Crippen LogP contribution in [0.1, 0.15) is 38.1 Å². The van der Waals surface area contributed by atoms with Gasteiger partial charge in [0, 0.05) is 19.8 Å². The number of hydrogen-bond acceptors (Lipinski definition) is 3. The molecule has 6 nitrogen and oxygen atoms in total. The van der Waals surface area contributed by atoms with Crippen molar-refractivity contribution in [3.63, 3.8) is 0 Å². The summed E-state index contributed by atoms with van der Waals surface area (Å²) in [5.74, 6) is 1.64. The number of aromatic nitrogens is 3. The first-order valence-electron chi connectivity index (χ1n) is 9.84. The fourth-order valence-electron chi connectivity index (χ4n) is 3.22. The molecule has 28 heavy (non-hydrogen) atoms. The van der Waals surface area contributed by atoms with Crippen molar-refractivity contribution in [1.82, 2.24) is 25.2 Å². The number of nitrogens with one attached hydrogen (secondary N) is 2. The van der Waals surface area contributed by atoms with E-state index in [1.165, 1.54) is 12.0 Å².